The van der Waals surface area contributed by atoms with Crippen molar-refractivity contribution in [3.63, 3.8) is 0 Å². The highest BCUT2D eigenvalue weighted by Crippen LogP contribution is 2.23. The summed E-state index contributed by atoms with van der Waals surface area (Å²) < 4.78 is 10.6. The van der Waals surface area contributed by atoms with Crippen LogP contribution < -0.4 is 15.4 Å². The summed E-state index contributed by atoms with van der Waals surface area (Å²) in [6.45, 7) is 6.30. The maximum Gasteiger partial charge on any atom is 0.325 e. The smallest absolute Gasteiger partial charge is 0.325 e. The Bertz CT molecular complexity index is 849. The van der Waals surface area contributed by atoms with Crippen LogP contribution in [-0.2, 0) is 14.3 Å². The molecule has 0 aliphatic heterocycles. The van der Waals surface area contributed by atoms with Crippen LogP contribution in [0, 0.1) is 20.8 Å². The quantitative estimate of drug-likeness (QED) is 0.457. The second-order valence-electron chi connectivity index (χ2n) is 6.58. The molecule has 2 rings (SSSR count). The Morgan fingerprint density at radius 3 is 2.62 bits per heavy atom. The van der Waals surface area contributed by atoms with E-state index < -0.39 is 11.9 Å². The summed E-state index contributed by atoms with van der Waals surface area (Å²) in [7, 11) is 0. The first-order valence-corrected chi connectivity index (χ1v) is 10.2. The van der Waals surface area contributed by atoms with E-state index in [0.717, 1.165) is 16.9 Å². The van der Waals surface area contributed by atoms with Gasteiger partial charge in [0.2, 0.25) is 0 Å². The van der Waals surface area contributed by atoms with E-state index in [1.54, 1.807) is 17.5 Å². The fourth-order valence-corrected chi connectivity index (χ4v) is 3.17. The number of nitrogens with one attached hydrogen (secondary N) is 2. The number of thiophene rings is 1. The molecule has 2 N–H and O–H groups in total. The molecule has 8 heteroatoms. The average molecular weight is 419 g/mol. The van der Waals surface area contributed by atoms with Crippen LogP contribution in [0.25, 0.3) is 0 Å². The Morgan fingerprint density at radius 1 is 1.10 bits per heavy atom. The van der Waals surface area contributed by atoms with E-state index in [-0.39, 0.29) is 19.1 Å². The van der Waals surface area contributed by atoms with Gasteiger partial charge in [0.15, 0.2) is 6.61 Å². The third-order valence-corrected chi connectivity index (χ3v) is 5.04. The number of carbonyl (C=O) groups excluding carboxylic acids is 3. The predicted molar refractivity (Wildman–Crippen MR) is 111 cm³/mol. The van der Waals surface area contributed by atoms with Crippen LogP contribution in [-0.4, -0.2) is 44.1 Å². The van der Waals surface area contributed by atoms with E-state index in [4.69, 9.17) is 9.47 Å². The number of ether oxygens (including phenoxy) is 2. The summed E-state index contributed by atoms with van der Waals surface area (Å²) in [6.07, 6.45) is 0.628. The Hall–Kier alpha value is -2.87. The van der Waals surface area contributed by atoms with Gasteiger partial charge >= 0.3 is 5.97 Å². The van der Waals surface area contributed by atoms with Gasteiger partial charge in [-0.25, -0.2) is 0 Å². The lowest BCUT2D eigenvalue weighted by Gasteiger charge is -2.12. The molecule has 0 atom stereocenters. The number of carbonyl (C=O) groups is 3. The predicted octanol–water partition coefficient (Wildman–Crippen LogP) is 2.53. The molecule has 156 valence electrons. The van der Waals surface area contributed by atoms with Gasteiger partial charge in [-0.15, -0.1) is 11.3 Å². The van der Waals surface area contributed by atoms with Crippen molar-refractivity contribution in [1.29, 1.82) is 0 Å². The second-order valence-corrected chi connectivity index (χ2v) is 7.53. The van der Waals surface area contributed by atoms with Gasteiger partial charge in [-0.1, -0.05) is 12.1 Å². The zero-order valence-electron chi connectivity index (χ0n) is 16.9. The lowest BCUT2D eigenvalue weighted by atomic mass is 10.1. The number of hydrogen-bond acceptors (Lipinski definition) is 6. The molecule has 1 heterocycles. The molecule has 29 heavy (non-hydrogen) atoms. The number of hydrogen-bond donors (Lipinski definition) is 2. The van der Waals surface area contributed by atoms with E-state index in [2.05, 4.69) is 16.7 Å². The van der Waals surface area contributed by atoms with Crippen LogP contribution in [0.4, 0.5) is 0 Å². The molecule has 0 saturated carbocycles. The van der Waals surface area contributed by atoms with Gasteiger partial charge in [-0.2, -0.15) is 0 Å². The van der Waals surface area contributed by atoms with Crippen LogP contribution in [0.2, 0.25) is 0 Å². The molecule has 2 amide bonds. The maximum atomic E-state index is 11.7. The minimum Gasteiger partial charge on any atom is -0.493 e. The van der Waals surface area contributed by atoms with Crippen LogP contribution in [0.3, 0.4) is 0 Å². The van der Waals surface area contributed by atoms with Gasteiger partial charge in [0, 0.05) is 6.54 Å². The average Bonchev–Trinajstić information content (AvgIpc) is 3.22. The molecule has 1 aromatic carbocycles. The molecule has 7 nitrogen and oxygen atoms in total. The van der Waals surface area contributed by atoms with Crippen LogP contribution >= 0.6 is 11.3 Å². The van der Waals surface area contributed by atoms with Gasteiger partial charge < -0.3 is 20.1 Å². The van der Waals surface area contributed by atoms with Gasteiger partial charge in [-0.05, 0) is 61.4 Å². The number of esters is 1. The number of rotatable bonds is 10. The Kier molecular flexibility index (Phi) is 8.67. The van der Waals surface area contributed by atoms with Crippen molar-refractivity contribution in [2.45, 2.75) is 27.2 Å². The summed E-state index contributed by atoms with van der Waals surface area (Å²) in [4.78, 5) is 35.6. The van der Waals surface area contributed by atoms with Crippen molar-refractivity contribution in [3.8, 4) is 5.75 Å². The second kappa shape index (κ2) is 11.2. The van der Waals surface area contributed by atoms with E-state index in [9.17, 15) is 14.4 Å². The van der Waals surface area contributed by atoms with E-state index in [1.807, 2.05) is 26.8 Å². The highest BCUT2D eigenvalue weighted by molar-refractivity contribution is 7.12. The summed E-state index contributed by atoms with van der Waals surface area (Å²) >= 11 is 1.28. The van der Waals surface area contributed by atoms with E-state index in [1.165, 1.54) is 16.9 Å². The normalized spacial score (nSPS) is 10.3. The summed E-state index contributed by atoms with van der Waals surface area (Å²) in [6, 6.07) is 7.51. The fraction of sp³-hybridized carbons (Fsp3) is 0.381. The van der Waals surface area contributed by atoms with E-state index in [0.29, 0.717) is 24.4 Å². The highest BCUT2D eigenvalue weighted by Gasteiger charge is 2.11. The zero-order valence-corrected chi connectivity index (χ0v) is 17.7. The monoisotopic (exact) mass is 418 g/mol. The molecule has 0 unspecified atom stereocenters. The third-order valence-electron chi connectivity index (χ3n) is 4.17. The van der Waals surface area contributed by atoms with Crippen molar-refractivity contribution < 1.29 is 23.9 Å². The van der Waals surface area contributed by atoms with Gasteiger partial charge in [0.1, 0.15) is 12.3 Å². The standard InChI is InChI=1S/C21H26N2O5S/c1-14-10-15(2)16(3)17(11-14)27-8-5-7-22-19(24)13-28-20(25)12-23-21(26)18-6-4-9-29-18/h4,6,9-11H,5,7-8,12-13H2,1-3H3,(H,22,24)(H,23,26). The molecular weight excluding hydrogens is 392 g/mol. The van der Waals surface area contributed by atoms with Gasteiger partial charge in [0.25, 0.3) is 11.8 Å². The number of aryl methyl sites for hydroxylation is 2. The number of amides is 2. The van der Waals surface area contributed by atoms with Crippen molar-refractivity contribution >= 4 is 29.1 Å². The molecule has 0 aliphatic rings. The van der Waals surface area contributed by atoms with Crippen molar-refractivity contribution in [2.24, 2.45) is 0 Å². The minimum atomic E-state index is -0.668. The van der Waals surface area contributed by atoms with Crippen molar-refractivity contribution in [1.82, 2.24) is 10.6 Å². The minimum absolute atomic E-state index is 0.285. The molecule has 2 aromatic rings. The Balaban J connectivity index is 1.56. The summed E-state index contributed by atoms with van der Waals surface area (Å²) in [5.41, 5.74) is 3.43. The van der Waals surface area contributed by atoms with Crippen LogP contribution in [0.5, 0.6) is 5.75 Å². The topological polar surface area (TPSA) is 93.7 Å². The van der Waals surface area contributed by atoms with Crippen LogP contribution in [0.1, 0.15) is 32.8 Å². The molecule has 1 aromatic heterocycles. The largest absolute Gasteiger partial charge is 0.493 e. The molecular formula is C21H26N2O5S. The first-order chi connectivity index (χ1) is 13.9. The lowest BCUT2D eigenvalue weighted by Crippen LogP contribution is -2.34. The SMILES string of the molecule is Cc1cc(C)c(C)c(OCCCNC(=O)COC(=O)CNC(=O)c2cccs2)c1. The summed E-state index contributed by atoms with van der Waals surface area (Å²) in [5.74, 6) is -0.558. The molecule has 0 bridgehead atoms. The Morgan fingerprint density at radius 2 is 1.90 bits per heavy atom. The molecule has 0 radical (unpaired) electrons. The van der Waals surface area contributed by atoms with Crippen molar-refractivity contribution in [2.75, 3.05) is 26.3 Å². The molecule has 0 spiro atoms. The lowest BCUT2D eigenvalue weighted by molar-refractivity contribution is -0.147. The third kappa shape index (κ3) is 7.57. The fourth-order valence-electron chi connectivity index (χ4n) is 2.53. The van der Waals surface area contributed by atoms with Gasteiger partial charge in [-0.3, -0.25) is 14.4 Å². The zero-order chi connectivity index (χ0) is 21.2. The molecule has 0 fully saturated rings. The first-order valence-electron chi connectivity index (χ1n) is 9.31. The van der Waals surface area contributed by atoms with E-state index >= 15 is 0 Å². The maximum absolute atomic E-state index is 11.7. The number of benzene rings is 1. The first kappa shape index (κ1) is 22.4. The molecule has 0 saturated heterocycles. The molecule has 0 aliphatic carbocycles. The summed E-state index contributed by atoms with van der Waals surface area (Å²) in [5, 5.41) is 6.88. The van der Waals surface area contributed by atoms with Crippen LogP contribution in [0.15, 0.2) is 29.6 Å². The highest BCUT2D eigenvalue weighted by atomic mass is 32.1. The van der Waals surface area contributed by atoms with Crippen molar-refractivity contribution in [3.05, 3.63) is 51.2 Å². The Labute approximate surface area is 174 Å². The van der Waals surface area contributed by atoms with Gasteiger partial charge in [0.05, 0.1) is 11.5 Å².